The van der Waals surface area contributed by atoms with Crippen molar-refractivity contribution in [3.63, 3.8) is 0 Å². The first-order chi connectivity index (χ1) is 15.1. The molecule has 0 fully saturated rings. The largest absolute Gasteiger partial charge is 0.495 e. The summed E-state index contributed by atoms with van der Waals surface area (Å²) in [5.74, 6) is 1.90. The van der Waals surface area contributed by atoms with Gasteiger partial charge in [0.1, 0.15) is 24.5 Å². The Morgan fingerprint density at radius 3 is 2.58 bits per heavy atom. The first-order valence-electron chi connectivity index (χ1n) is 10.3. The smallest absolute Gasteiger partial charge is 0.246 e. The summed E-state index contributed by atoms with van der Waals surface area (Å²) >= 11 is 0. The Bertz CT molecular complexity index is 1040. The molecule has 0 aliphatic carbocycles. The van der Waals surface area contributed by atoms with E-state index < -0.39 is 6.04 Å². The van der Waals surface area contributed by atoms with Crippen LogP contribution in [-0.2, 0) is 4.79 Å². The van der Waals surface area contributed by atoms with Gasteiger partial charge in [-0.25, -0.2) is 0 Å². The van der Waals surface area contributed by atoms with Crippen molar-refractivity contribution in [2.24, 2.45) is 0 Å². The van der Waals surface area contributed by atoms with Crippen LogP contribution < -0.4 is 24.8 Å². The molecule has 3 aromatic carbocycles. The number of benzene rings is 3. The van der Waals surface area contributed by atoms with Crippen molar-refractivity contribution in [3.8, 4) is 17.2 Å². The third-order valence-electron chi connectivity index (χ3n) is 5.13. The Morgan fingerprint density at radius 2 is 1.81 bits per heavy atom. The van der Waals surface area contributed by atoms with Crippen LogP contribution in [0.15, 0.2) is 72.8 Å². The minimum absolute atomic E-state index is 0.174. The number of carbonyl (C=O) groups excluding carboxylic acids is 1. The van der Waals surface area contributed by atoms with E-state index in [1.807, 2.05) is 79.7 Å². The Hall–Kier alpha value is -3.51. The normalized spacial score (nSPS) is 15.7. The molecule has 1 amide bonds. The lowest BCUT2D eigenvalue weighted by Gasteiger charge is -2.28. The number of aryl methyl sites for hydroxylation is 1. The number of carbonyl (C=O) groups is 1. The molecule has 3 aromatic rings. The van der Waals surface area contributed by atoms with Gasteiger partial charge in [-0.15, -0.1) is 0 Å². The first kappa shape index (κ1) is 20.8. The Balaban J connectivity index is 1.49. The predicted molar refractivity (Wildman–Crippen MR) is 120 cm³/mol. The Labute approximate surface area is 182 Å². The van der Waals surface area contributed by atoms with Crippen LogP contribution in [0.5, 0.6) is 17.2 Å². The summed E-state index contributed by atoms with van der Waals surface area (Å²) < 4.78 is 17.2. The van der Waals surface area contributed by atoms with Crippen molar-refractivity contribution in [1.82, 2.24) is 5.32 Å². The number of methoxy groups -OCH3 is 1. The van der Waals surface area contributed by atoms with E-state index >= 15 is 0 Å². The minimum Gasteiger partial charge on any atom is -0.495 e. The topological polar surface area (TPSA) is 68.8 Å². The SMILES string of the molecule is COc1ccc(C)cc1NC(=O)[C@H](NC[C@H]1COc2ccccc2O1)c1ccccc1. The van der Waals surface area contributed by atoms with E-state index in [1.54, 1.807) is 7.11 Å². The van der Waals surface area contributed by atoms with Crippen LogP contribution in [0.4, 0.5) is 5.69 Å². The fourth-order valence-electron chi connectivity index (χ4n) is 3.54. The molecule has 2 N–H and O–H groups in total. The third kappa shape index (κ3) is 4.98. The third-order valence-corrected chi connectivity index (χ3v) is 5.13. The molecule has 4 rings (SSSR count). The lowest BCUT2D eigenvalue weighted by atomic mass is 10.1. The highest BCUT2D eigenvalue weighted by molar-refractivity contribution is 5.96. The van der Waals surface area contributed by atoms with Crippen molar-refractivity contribution in [1.29, 1.82) is 0 Å². The highest BCUT2D eigenvalue weighted by Crippen LogP contribution is 2.31. The zero-order valence-electron chi connectivity index (χ0n) is 17.6. The van der Waals surface area contributed by atoms with Gasteiger partial charge in [-0.2, -0.15) is 0 Å². The second-order valence-electron chi connectivity index (χ2n) is 7.44. The lowest BCUT2D eigenvalue weighted by molar-refractivity contribution is -0.118. The van der Waals surface area contributed by atoms with E-state index in [-0.39, 0.29) is 12.0 Å². The van der Waals surface area contributed by atoms with Crippen molar-refractivity contribution >= 4 is 11.6 Å². The van der Waals surface area contributed by atoms with E-state index in [2.05, 4.69) is 10.6 Å². The van der Waals surface area contributed by atoms with Crippen LogP contribution in [0, 0.1) is 6.92 Å². The minimum atomic E-state index is -0.563. The highest BCUT2D eigenvalue weighted by Gasteiger charge is 2.26. The van der Waals surface area contributed by atoms with E-state index in [1.165, 1.54) is 0 Å². The van der Waals surface area contributed by atoms with Gasteiger partial charge in [0.15, 0.2) is 11.5 Å². The van der Waals surface area contributed by atoms with Crippen LogP contribution in [0.3, 0.4) is 0 Å². The maximum atomic E-state index is 13.3. The van der Waals surface area contributed by atoms with Crippen LogP contribution in [0.1, 0.15) is 17.2 Å². The first-order valence-corrected chi connectivity index (χ1v) is 10.3. The highest BCUT2D eigenvalue weighted by atomic mass is 16.6. The summed E-state index contributed by atoms with van der Waals surface area (Å²) in [6, 6.07) is 22.3. The second kappa shape index (κ2) is 9.53. The van der Waals surface area contributed by atoms with Crippen molar-refractivity contribution < 1.29 is 19.0 Å². The number of anilines is 1. The maximum absolute atomic E-state index is 13.3. The van der Waals surface area contributed by atoms with Gasteiger partial charge in [-0.3, -0.25) is 10.1 Å². The average Bonchev–Trinajstić information content (AvgIpc) is 2.80. The molecule has 0 aromatic heterocycles. The van der Waals surface area contributed by atoms with Gasteiger partial charge in [0.2, 0.25) is 5.91 Å². The van der Waals surface area contributed by atoms with Gasteiger partial charge >= 0.3 is 0 Å². The lowest BCUT2D eigenvalue weighted by Crippen LogP contribution is -2.42. The van der Waals surface area contributed by atoms with E-state index in [4.69, 9.17) is 14.2 Å². The number of para-hydroxylation sites is 2. The Morgan fingerprint density at radius 1 is 1.06 bits per heavy atom. The monoisotopic (exact) mass is 418 g/mol. The zero-order valence-corrected chi connectivity index (χ0v) is 17.6. The van der Waals surface area contributed by atoms with Gasteiger partial charge in [-0.05, 0) is 42.3 Å². The molecule has 2 atom stereocenters. The number of nitrogens with one attached hydrogen (secondary N) is 2. The summed E-state index contributed by atoms with van der Waals surface area (Å²) in [5, 5.41) is 6.36. The van der Waals surface area contributed by atoms with Crippen molar-refractivity contribution in [2.45, 2.75) is 19.1 Å². The summed E-state index contributed by atoms with van der Waals surface area (Å²) in [5.41, 5.74) is 2.54. The molecule has 6 heteroatoms. The molecule has 0 bridgehead atoms. The van der Waals surface area contributed by atoms with Crippen LogP contribution >= 0.6 is 0 Å². The van der Waals surface area contributed by atoms with Crippen molar-refractivity contribution in [2.75, 3.05) is 25.6 Å². The molecule has 0 saturated heterocycles. The van der Waals surface area contributed by atoms with Gasteiger partial charge < -0.3 is 19.5 Å². The summed E-state index contributed by atoms with van der Waals surface area (Å²) in [6.45, 7) is 2.84. The average molecular weight is 418 g/mol. The number of ether oxygens (including phenoxy) is 3. The predicted octanol–water partition coefficient (Wildman–Crippen LogP) is 4.11. The molecule has 160 valence electrons. The van der Waals surface area contributed by atoms with E-state index in [9.17, 15) is 4.79 Å². The quantitative estimate of drug-likeness (QED) is 0.604. The second-order valence-corrected chi connectivity index (χ2v) is 7.44. The standard InChI is InChI=1S/C25H26N2O4/c1-17-12-13-21(29-2)20(14-17)27-25(28)24(18-8-4-3-5-9-18)26-15-19-16-30-22-10-6-7-11-23(22)31-19/h3-14,19,24,26H,15-16H2,1-2H3,(H,27,28)/t19-,24+/m0/s1. The van der Waals surface area contributed by atoms with E-state index in [0.29, 0.717) is 30.3 Å². The summed E-state index contributed by atoms with van der Waals surface area (Å²) in [4.78, 5) is 13.3. The summed E-state index contributed by atoms with van der Waals surface area (Å²) in [6.07, 6.45) is -0.206. The molecule has 1 aliphatic heterocycles. The van der Waals surface area contributed by atoms with Gasteiger partial charge in [0.05, 0.1) is 12.8 Å². The number of fused-ring (bicyclic) bond motifs is 1. The number of rotatable bonds is 7. The molecule has 1 heterocycles. The van der Waals surface area contributed by atoms with Gasteiger partial charge in [0.25, 0.3) is 0 Å². The molecule has 31 heavy (non-hydrogen) atoms. The van der Waals surface area contributed by atoms with Gasteiger partial charge in [-0.1, -0.05) is 48.5 Å². The van der Waals surface area contributed by atoms with Crippen molar-refractivity contribution in [3.05, 3.63) is 83.9 Å². The Kier molecular flexibility index (Phi) is 6.38. The molecular formula is C25H26N2O4. The molecule has 6 nitrogen and oxygen atoms in total. The fourth-order valence-corrected chi connectivity index (χ4v) is 3.54. The number of hydrogen-bond acceptors (Lipinski definition) is 5. The maximum Gasteiger partial charge on any atom is 0.246 e. The number of hydrogen-bond donors (Lipinski definition) is 2. The molecule has 0 unspecified atom stereocenters. The van der Waals surface area contributed by atoms with Gasteiger partial charge in [0, 0.05) is 6.54 Å². The molecule has 0 spiro atoms. The number of amides is 1. The fraction of sp³-hybridized carbons (Fsp3) is 0.240. The molecule has 0 radical (unpaired) electrons. The molecule has 0 saturated carbocycles. The zero-order chi connectivity index (χ0) is 21.6. The molecular weight excluding hydrogens is 392 g/mol. The van der Waals surface area contributed by atoms with E-state index in [0.717, 1.165) is 16.9 Å². The van der Waals surface area contributed by atoms with Crippen LogP contribution in [0.25, 0.3) is 0 Å². The van der Waals surface area contributed by atoms with Crippen LogP contribution in [-0.4, -0.2) is 32.3 Å². The summed E-state index contributed by atoms with van der Waals surface area (Å²) in [7, 11) is 1.59. The van der Waals surface area contributed by atoms with Crippen LogP contribution in [0.2, 0.25) is 0 Å². The molecule has 1 aliphatic rings.